The minimum absolute atomic E-state index is 0.000985. The van der Waals surface area contributed by atoms with Crippen molar-refractivity contribution in [3.63, 3.8) is 0 Å². The molecule has 7 heteroatoms. The lowest BCUT2D eigenvalue weighted by molar-refractivity contribution is -0.0576. The molecule has 1 amide bonds. The van der Waals surface area contributed by atoms with E-state index in [0.717, 1.165) is 42.0 Å². The number of carbonyl (C=O) groups excluding carboxylic acids is 1. The van der Waals surface area contributed by atoms with Crippen LogP contribution in [0.15, 0.2) is 47.3 Å². The first-order chi connectivity index (χ1) is 16.1. The molecule has 1 saturated carbocycles. The van der Waals surface area contributed by atoms with E-state index in [0.29, 0.717) is 38.0 Å². The number of carbonyl (C=O) groups is 1. The van der Waals surface area contributed by atoms with Gasteiger partial charge in [0.2, 0.25) is 5.75 Å². The number of hydrogen-bond acceptors (Lipinski definition) is 5. The van der Waals surface area contributed by atoms with Crippen molar-refractivity contribution in [3.8, 4) is 5.75 Å². The van der Waals surface area contributed by atoms with Gasteiger partial charge in [0.05, 0.1) is 19.3 Å². The molecule has 0 radical (unpaired) electrons. The lowest BCUT2D eigenvalue weighted by Gasteiger charge is -2.41. The van der Waals surface area contributed by atoms with Crippen LogP contribution < -0.4 is 5.56 Å². The van der Waals surface area contributed by atoms with E-state index in [-0.39, 0.29) is 23.6 Å². The normalized spacial score (nSPS) is 20.1. The molecule has 1 aliphatic carbocycles. The fraction of sp³-hybridized carbons (Fsp3) is 0.423. The first-order valence-corrected chi connectivity index (χ1v) is 11.8. The number of aromatic hydroxyl groups is 1. The molecular formula is C26H27N3O4. The van der Waals surface area contributed by atoms with Crippen molar-refractivity contribution in [2.45, 2.75) is 44.2 Å². The van der Waals surface area contributed by atoms with Crippen molar-refractivity contribution in [3.05, 3.63) is 69.9 Å². The van der Waals surface area contributed by atoms with Crippen LogP contribution >= 0.6 is 0 Å². The number of aromatic nitrogens is 2. The van der Waals surface area contributed by atoms with Crippen molar-refractivity contribution < 1.29 is 14.6 Å². The van der Waals surface area contributed by atoms with Crippen molar-refractivity contribution >= 4 is 16.7 Å². The quantitative estimate of drug-likeness (QED) is 0.666. The predicted molar refractivity (Wildman–Crippen MR) is 124 cm³/mol. The van der Waals surface area contributed by atoms with Crippen LogP contribution in [0.25, 0.3) is 10.8 Å². The maximum Gasteiger partial charge on any atom is 0.315 e. The largest absolute Gasteiger partial charge is 0.501 e. The molecule has 1 N–H and O–H groups in total. The Morgan fingerprint density at radius 1 is 1.00 bits per heavy atom. The number of nitrogens with zero attached hydrogens (tertiary/aromatic N) is 3. The number of fused-ring (bicyclic) bond motifs is 2. The van der Waals surface area contributed by atoms with E-state index in [1.807, 2.05) is 16.7 Å². The summed E-state index contributed by atoms with van der Waals surface area (Å²) >= 11 is 0. The molecule has 1 aromatic heterocycles. The standard InChI is InChI=1S/C26H27N3O4/c30-23-22-26(32)28(18-14-33-15-18)12-13-29(22)24(27-25(23)31)21(17-7-1-2-8-17)20-11-5-9-16-6-3-4-10-19(16)20/h3-6,9-11,17-18,21,30H,1-2,7-8,12-15H2. The average Bonchev–Trinajstić information content (AvgIpc) is 3.32. The highest BCUT2D eigenvalue weighted by molar-refractivity contribution is 5.96. The highest BCUT2D eigenvalue weighted by Crippen LogP contribution is 2.43. The Labute approximate surface area is 191 Å². The van der Waals surface area contributed by atoms with Gasteiger partial charge in [-0.25, -0.2) is 0 Å². The zero-order valence-electron chi connectivity index (χ0n) is 18.4. The average molecular weight is 446 g/mol. The molecule has 3 aromatic rings. The Morgan fingerprint density at radius 3 is 2.52 bits per heavy atom. The van der Waals surface area contributed by atoms with Gasteiger partial charge in [0.1, 0.15) is 5.82 Å². The fourth-order valence-electron chi connectivity index (χ4n) is 5.85. The van der Waals surface area contributed by atoms with Gasteiger partial charge in [-0.15, -0.1) is 0 Å². The third-order valence-corrected chi connectivity index (χ3v) is 7.59. The molecule has 1 atom stereocenters. The van der Waals surface area contributed by atoms with Crippen LogP contribution in [-0.4, -0.2) is 51.3 Å². The van der Waals surface area contributed by atoms with Gasteiger partial charge in [-0.05, 0) is 35.1 Å². The van der Waals surface area contributed by atoms with Crippen LogP contribution in [0.2, 0.25) is 0 Å². The Hall–Kier alpha value is -3.19. The first-order valence-electron chi connectivity index (χ1n) is 11.8. The van der Waals surface area contributed by atoms with E-state index < -0.39 is 11.3 Å². The summed E-state index contributed by atoms with van der Waals surface area (Å²) in [5.41, 5.74) is 0.487. The molecule has 1 saturated heterocycles. The lowest BCUT2D eigenvalue weighted by Crippen LogP contribution is -2.55. The Morgan fingerprint density at radius 2 is 1.76 bits per heavy atom. The topological polar surface area (TPSA) is 84.7 Å². The van der Waals surface area contributed by atoms with E-state index in [1.165, 1.54) is 0 Å². The number of benzene rings is 2. The summed E-state index contributed by atoms with van der Waals surface area (Å²) < 4.78 is 7.09. The minimum atomic E-state index is -0.723. The molecule has 2 aromatic carbocycles. The maximum absolute atomic E-state index is 13.4. The van der Waals surface area contributed by atoms with Gasteiger partial charge in [-0.3, -0.25) is 9.59 Å². The van der Waals surface area contributed by atoms with Crippen LogP contribution in [0, 0.1) is 5.92 Å². The summed E-state index contributed by atoms with van der Waals surface area (Å²) in [7, 11) is 0. The molecule has 7 nitrogen and oxygen atoms in total. The van der Waals surface area contributed by atoms with Crippen LogP contribution in [0.1, 0.15) is 53.5 Å². The monoisotopic (exact) mass is 445 g/mol. The molecule has 6 rings (SSSR count). The molecule has 3 aliphatic rings. The van der Waals surface area contributed by atoms with Gasteiger partial charge in [0.25, 0.3) is 5.91 Å². The second kappa shape index (κ2) is 7.99. The minimum Gasteiger partial charge on any atom is -0.501 e. The molecule has 2 fully saturated rings. The van der Waals surface area contributed by atoms with Crippen LogP contribution in [0.5, 0.6) is 5.75 Å². The molecule has 1 unspecified atom stereocenters. The third-order valence-electron chi connectivity index (χ3n) is 7.59. The maximum atomic E-state index is 13.4. The van der Waals surface area contributed by atoms with Crippen molar-refractivity contribution in [2.24, 2.45) is 5.92 Å². The summed E-state index contributed by atoms with van der Waals surface area (Å²) in [4.78, 5) is 32.4. The summed E-state index contributed by atoms with van der Waals surface area (Å²) in [6.07, 6.45) is 4.41. The van der Waals surface area contributed by atoms with Crippen molar-refractivity contribution in [2.75, 3.05) is 19.8 Å². The molecule has 0 spiro atoms. The fourth-order valence-corrected chi connectivity index (χ4v) is 5.85. The van der Waals surface area contributed by atoms with E-state index in [1.54, 1.807) is 4.90 Å². The zero-order chi connectivity index (χ0) is 22.5. The van der Waals surface area contributed by atoms with Crippen LogP contribution in [-0.2, 0) is 11.3 Å². The van der Waals surface area contributed by atoms with Gasteiger partial charge in [-0.2, -0.15) is 4.98 Å². The van der Waals surface area contributed by atoms with Crippen molar-refractivity contribution in [1.29, 1.82) is 0 Å². The number of ether oxygens (including phenoxy) is 1. The molecule has 2 aliphatic heterocycles. The van der Waals surface area contributed by atoms with Gasteiger partial charge >= 0.3 is 5.56 Å². The highest BCUT2D eigenvalue weighted by atomic mass is 16.5. The van der Waals surface area contributed by atoms with Crippen molar-refractivity contribution in [1.82, 2.24) is 14.5 Å². The zero-order valence-corrected chi connectivity index (χ0v) is 18.4. The Bertz CT molecular complexity index is 1290. The van der Waals surface area contributed by atoms with E-state index in [2.05, 4.69) is 35.3 Å². The summed E-state index contributed by atoms with van der Waals surface area (Å²) in [5.74, 6) is -0.0318. The predicted octanol–water partition coefficient (Wildman–Crippen LogP) is 3.28. The second-order valence-electron chi connectivity index (χ2n) is 9.40. The van der Waals surface area contributed by atoms with Crippen LogP contribution in [0.3, 0.4) is 0 Å². The summed E-state index contributed by atoms with van der Waals surface area (Å²) in [6, 6.07) is 14.5. The van der Waals surface area contributed by atoms with Gasteiger partial charge in [0.15, 0.2) is 5.69 Å². The molecule has 3 heterocycles. The first kappa shape index (κ1) is 20.4. The van der Waals surface area contributed by atoms with Crippen LogP contribution in [0.4, 0.5) is 0 Å². The molecular weight excluding hydrogens is 418 g/mol. The third kappa shape index (κ3) is 3.25. The van der Waals surface area contributed by atoms with E-state index in [4.69, 9.17) is 4.74 Å². The Kier molecular flexibility index (Phi) is 4.94. The molecule has 170 valence electrons. The summed E-state index contributed by atoms with van der Waals surface area (Å²) in [5, 5.41) is 12.9. The Balaban J connectivity index is 1.55. The second-order valence-corrected chi connectivity index (χ2v) is 9.40. The summed E-state index contributed by atoms with van der Waals surface area (Å²) in [6.45, 7) is 2.01. The van der Waals surface area contributed by atoms with E-state index in [9.17, 15) is 14.7 Å². The van der Waals surface area contributed by atoms with Gasteiger partial charge in [0, 0.05) is 19.0 Å². The lowest BCUT2D eigenvalue weighted by atomic mass is 9.81. The molecule has 33 heavy (non-hydrogen) atoms. The van der Waals surface area contributed by atoms with Gasteiger partial charge < -0.3 is 19.3 Å². The van der Waals surface area contributed by atoms with E-state index >= 15 is 0 Å². The molecule has 0 bridgehead atoms. The number of amides is 1. The smallest absolute Gasteiger partial charge is 0.315 e. The number of hydrogen-bond donors (Lipinski definition) is 1. The number of rotatable bonds is 4. The highest BCUT2D eigenvalue weighted by Gasteiger charge is 2.40. The SMILES string of the molecule is O=C1c2c(O)c(=O)nc(C(c3cccc4ccccc34)C3CCCC3)n2CCN1C1COC1. The van der Waals surface area contributed by atoms with Gasteiger partial charge in [-0.1, -0.05) is 55.3 Å².